The third-order valence-electron chi connectivity index (χ3n) is 4.53. The van der Waals surface area contributed by atoms with Crippen LogP contribution in [0.15, 0.2) is 0 Å². The quantitative estimate of drug-likeness (QED) is 0.705. The number of hydrogen-bond donors (Lipinski definition) is 1. The van der Waals surface area contributed by atoms with Crippen LogP contribution in [0.5, 0.6) is 0 Å². The summed E-state index contributed by atoms with van der Waals surface area (Å²) < 4.78 is 0. The van der Waals surface area contributed by atoms with Crippen molar-refractivity contribution in [2.45, 2.75) is 82.4 Å². The maximum Gasteiger partial charge on any atom is 0.0129 e. The summed E-state index contributed by atoms with van der Waals surface area (Å²) in [5.74, 6) is 2.28. The lowest BCUT2D eigenvalue weighted by Crippen LogP contribution is -2.20. The minimum atomic E-state index is 0.586. The Labute approximate surface area is 122 Å². The fraction of sp³-hybridized carbons (Fsp3) is 1.00. The molecular weight excluding hydrogens is 286 g/mol. The van der Waals surface area contributed by atoms with Gasteiger partial charge in [-0.05, 0) is 24.8 Å². The molecular formula is C16H32BrN. The number of hydrogen-bond acceptors (Lipinski definition) is 1. The number of alkyl halides is 1. The molecule has 18 heavy (non-hydrogen) atoms. The summed E-state index contributed by atoms with van der Waals surface area (Å²) in [7, 11) is 0. The van der Waals surface area contributed by atoms with E-state index in [4.69, 9.17) is 5.73 Å². The SMILES string of the molecule is C1CCC(C2CCCCC2)CC1.CC(Br)CCN. The molecule has 2 aliphatic rings. The zero-order valence-electron chi connectivity index (χ0n) is 12.2. The molecule has 0 aromatic rings. The smallest absolute Gasteiger partial charge is 0.0129 e. The van der Waals surface area contributed by atoms with Gasteiger partial charge in [0.1, 0.15) is 0 Å². The van der Waals surface area contributed by atoms with Gasteiger partial charge in [0.05, 0.1) is 0 Å². The summed E-state index contributed by atoms with van der Waals surface area (Å²) in [6, 6.07) is 0. The van der Waals surface area contributed by atoms with E-state index in [9.17, 15) is 0 Å². The molecule has 0 saturated heterocycles. The number of rotatable bonds is 3. The second-order valence-electron chi connectivity index (χ2n) is 6.15. The van der Waals surface area contributed by atoms with Gasteiger partial charge in [-0.25, -0.2) is 0 Å². The molecule has 2 aliphatic carbocycles. The zero-order valence-corrected chi connectivity index (χ0v) is 13.8. The van der Waals surface area contributed by atoms with Crippen molar-refractivity contribution in [2.75, 3.05) is 6.54 Å². The molecule has 2 fully saturated rings. The molecule has 1 unspecified atom stereocenters. The van der Waals surface area contributed by atoms with Crippen molar-refractivity contribution in [1.29, 1.82) is 0 Å². The van der Waals surface area contributed by atoms with E-state index in [1.54, 1.807) is 25.7 Å². The fourth-order valence-corrected chi connectivity index (χ4v) is 3.71. The molecule has 2 rings (SSSR count). The topological polar surface area (TPSA) is 26.0 Å². The van der Waals surface area contributed by atoms with Crippen molar-refractivity contribution >= 4 is 15.9 Å². The molecule has 0 aromatic heterocycles. The maximum absolute atomic E-state index is 5.20. The molecule has 2 heteroatoms. The van der Waals surface area contributed by atoms with Crippen molar-refractivity contribution in [1.82, 2.24) is 0 Å². The van der Waals surface area contributed by atoms with Gasteiger partial charge in [0, 0.05) is 4.83 Å². The van der Waals surface area contributed by atoms with Gasteiger partial charge in [-0.2, -0.15) is 0 Å². The molecule has 0 bridgehead atoms. The molecule has 108 valence electrons. The molecule has 0 spiro atoms. The van der Waals surface area contributed by atoms with E-state index in [1.165, 1.54) is 38.5 Å². The van der Waals surface area contributed by atoms with Crippen molar-refractivity contribution in [2.24, 2.45) is 17.6 Å². The van der Waals surface area contributed by atoms with Crippen LogP contribution in [0.4, 0.5) is 0 Å². The first-order chi connectivity index (χ1) is 8.74. The van der Waals surface area contributed by atoms with Gasteiger partial charge in [0.25, 0.3) is 0 Å². The van der Waals surface area contributed by atoms with Gasteiger partial charge in [0.2, 0.25) is 0 Å². The van der Waals surface area contributed by atoms with E-state index in [2.05, 4.69) is 22.9 Å². The van der Waals surface area contributed by atoms with Gasteiger partial charge in [-0.1, -0.05) is 87.1 Å². The van der Waals surface area contributed by atoms with Crippen molar-refractivity contribution in [3.8, 4) is 0 Å². The summed E-state index contributed by atoms with van der Waals surface area (Å²) in [5, 5.41) is 0. The summed E-state index contributed by atoms with van der Waals surface area (Å²) >= 11 is 3.35. The van der Waals surface area contributed by atoms with Crippen LogP contribution in [0.2, 0.25) is 0 Å². The normalized spacial score (nSPS) is 24.2. The summed E-state index contributed by atoms with van der Waals surface area (Å²) in [6.07, 6.45) is 16.5. The van der Waals surface area contributed by atoms with Crippen LogP contribution in [0.1, 0.15) is 77.6 Å². The average molecular weight is 318 g/mol. The lowest BCUT2D eigenvalue weighted by atomic mass is 9.73. The van der Waals surface area contributed by atoms with E-state index in [0.717, 1.165) is 24.8 Å². The van der Waals surface area contributed by atoms with Crippen molar-refractivity contribution < 1.29 is 0 Å². The van der Waals surface area contributed by atoms with Crippen LogP contribution >= 0.6 is 15.9 Å². The van der Waals surface area contributed by atoms with Crippen LogP contribution < -0.4 is 5.73 Å². The second kappa shape index (κ2) is 10.3. The highest BCUT2D eigenvalue weighted by Crippen LogP contribution is 2.37. The summed E-state index contributed by atoms with van der Waals surface area (Å²) in [6.45, 7) is 2.87. The first kappa shape index (κ1) is 16.5. The molecule has 0 amide bonds. The third-order valence-corrected chi connectivity index (χ3v) is 4.99. The predicted molar refractivity (Wildman–Crippen MR) is 85.2 cm³/mol. The van der Waals surface area contributed by atoms with Crippen LogP contribution in [0, 0.1) is 11.8 Å². The Hall–Kier alpha value is 0.440. The minimum absolute atomic E-state index is 0.586. The molecule has 0 heterocycles. The van der Waals surface area contributed by atoms with Crippen LogP contribution in [-0.4, -0.2) is 11.4 Å². The second-order valence-corrected chi connectivity index (χ2v) is 7.72. The lowest BCUT2D eigenvalue weighted by Gasteiger charge is -2.32. The highest BCUT2D eigenvalue weighted by atomic mass is 79.9. The Kier molecular flexibility index (Phi) is 9.40. The van der Waals surface area contributed by atoms with E-state index < -0.39 is 0 Å². The molecule has 1 atom stereocenters. The monoisotopic (exact) mass is 317 g/mol. The van der Waals surface area contributed by atoms with Gasteiger partial charge < -0.3 is 5.73 Å². The van der Waals surface area contributed by atoms with E-state index in [0.29, 0.717) is 4.83 Å². The van der Waals surface area contributed by atoms with Gasteiger partial charge in [-0.15, -0.1) is 0 Å². The average Bonchev–Trinajstić information content (AvgIpc) is 2.41. The van der Waals surface area contributed by atoms with Crippen molar-refractivity contribution in [3.05, 3.63) is 0 Å². The Morgan fingerprint density at radius 3 is 1.50 bits per heavy atom. The fourth-order valence-electron chi connectivity index (χ4n) is 3.44. The van der Waals surface area contributed by atoms with E-state index >= 15 is 0 Å². The van der Waals surface area contributed by atoms with Gasteiger partial charge >= 0.3 is 0 Å². The molecule has 2 saturated carbocycles. The number of nitrogens with two attached hydrogens (primary N) is 1. The first-order valence-electron chi connectivity index (χ1n) is 8.08. The molecule has 2 N–H and O–H groups in total. The zero-order chi connectivity index (χ0) is 13.2. The van der Waals surface area contributed by atoms with E-state index in [-0.39, 0.29) is 0 Å². The summed E-state index contributed by atoms with van der Waals surface area (Å²) in [4.78, 5) is 0.586. The van der Waals surface area contributed by atoms with E-state index in [1.807, 2.05) is 0 Å². The third kappa shape index (κ3) is 7.13. The van der Waals surface area contributed by atoms with Gasteiger partial charge in [-0.3, -0.25) is 0 Å². The maximum atomic E-state index is 5.20. The Balaban J connectivity index is 0.000000232. The molecule has 1 nitrogen and oxygen atoms in total. The Morgan fingerprint density at radius 1 is 0.889 bits per heavy atom. The van der Waals surface area contributed by atoms with Crippen LogP contribution in [0.3, 0.4) is 0 Å². The molecule has 0 aromatic carbocycles. The van der Waals surface area contributed by atoms with Crippen LogP contribution in [0.25, 0.3) is 0 Å². The number of halogens is 1. The minimum Gasteiger partial charge on any atom is -0.330 e. The predicted octanol–water partition coefficient (Wildman–Crippen LogP) is 5.27. The highest BCUT2D eigenvalue weighted by Gasteiger charge is 2.24. The highest BCUT2D eigenvalue weighted by molar-refractivity contribution is 9.09. The lowest BCUT2D eigenvalue weighted by molar-refractivity contribution is 0.196. The molecule has 0 radical (unpaired) electrons. The summed E-state index contributed by atoms with van der Waals surface area (Å²) in [5.41, 5.74) is 5.20. The van der Waals surface area contributed by atoms with Gasteiger partial charge in [0.15, 0.2) is 0 Å². The van der Waals surface area contributed by atoms with Crippen LogP contribution in [-0.2, 0) is 0 Å². The first-order valence-corrected chi connectivity index (χ1v) is 8.99. The Bertz CT molecular complexity index is 166. The van der Waals surface area contributed by atoms with Crippen molar-refractivity contribution in [3.63, 3.8) is 0 Å². The largest absolute Gasteiger partial charge is 0.330 e. The molecule has 0 aliphatic heterocycles. The standard InChI is InChI=1S/C12H22.C4H10BrN/c1-3-7-11(8-4-1)12-9-5-2-6-10-12;1-4(5)2-3-6/h11-12H,1-10H2;4H,2-3,6H2,1H3. The Morgan fingerprint density at radius 2 is 1.28 bits per heavy atom.